The topological polar surface area (TPSA) is 59.6 Å². The molecular formula is C14H20N2O3. The fourth-order valence-corrected chi connectivity index (χ4v) is 2.19. The molecule has 1 aromatic carbocycles. The van der Waals surface area contributed by atoms with Crippen LogP contribution in [0.15, 0.2) is 18.2 Å². The van der Waals surface area contributed by atoms with Crippen molar-refractivity contribution in [1.82, 2.24) is 10.6 Å². The van der Waals surface area contributed by atoms with Crippen molar-refractivity contribution in [2.45, 2.75) is 13.0 Å². The Balaban J connectivity index is 2.13. The van der Waals surface area contributed by atoms with Gasteiger partial charge in [-0.15, -0.1) is 0 Å². The van der Waals surface area contributed by atoms with E-state index >= 15 is 0 Å². The maximum absolute atomic E-state index is 12.2. The summed E-state index contributed by atoms with van der Waals surface area (Å²) in [5.74, 6) is 1.57. The average molecular weight is 264 g/mol. The van der Waals surface area contributed by atoms with E-state index in [4.69, 9.17) is 9.47 Å². The number of carbonyl (C=O) groups excluding carboxylic acids is 1. The highest BCUT2D eigenvalue weighted by Gasteiger charge is 2.25. The molecule has 0 saturated carbocycles. The van der Waals surface area contributed by atoms with Gasteiger partial charge in [0.1, 0.15) is 11.5 Å². The van der Waals surface area contributed by atoms with E-state index in [-0.39, 0.29) is 11.9 Å². The zero-order chi connectivity index (χ0) is 13.8. The Hall–Kier alpha value is -1.75. The molecule has 1 heterocycles. The third kappa shape index (κ3) is 3.17. The Morgan fingerprint density at radius 1 is 1.21 bits per heavy atom. The lowest BCUT2D eigenvalue weighted by Gasteiger charge is -2.17. The fraction of sp³-hybridized carbons (Fsp3) is 0.500. The number of carbonyl (C=O) groups is 1. The van der Waals surface area contributed by atoms with Crippen molar-refractivity contribution in [1.29, 1.82) is 0 Å². The van der Waals surface area contributed by atoms with Crippen molar-refractivity contribution in [3.8, 4) is 11.5 Å². The van der Waals surface area contributed by atoms with E-state index in [9.17, 15) is 4.79 Å². The van der Waals surface area contributed by atoms with Crippen molar-refractivity contribution >= 4 is 5.91 Å². The normalized spacial score (nSPS) is 22.1. The number of nitrogens with one attached hydrogen (secondary N) is 2. The van der Waals surface area contributed by atoms with Crippen molar-refractivity contribution in [2.24, 2.45) is 5.92 Å². The number of ether oxygens (including phenoxy) is 2. The second kappa shape index (κ2) is 5.93. The maximum atomic E-state index is 12.2. The van der Waals surface area contributed by atoms with Gasteiger partial charge in [0.25, 0.3) is 5.91 Å². The number of methoxy groups -OCH3 is 2. The predicted molar refractivity (Wildman–Crippen MR) is 72.8 cm³/mol. The minimum Gasteiger partial charge on any atom is -0.497 e. The van der Waals surface area contributed by atoms with Crippen molar-refractivity contribution < 1.29 is 14.3 Å². The van der Waals surface area contributed by atoms with Crippen LogP contribution in [0.5, 0.6) is 11.5 Å². The highest BCUT2D eigenvalue weighted by molar-refractivity contribution is 5.95. The van der Waals surface area contributed by atoms with Gasteiger partial charge in [0.2, 0.25) is 0 Å². The summed E-state index contributed by atoms with van der Waals surface area (Å²) in [5, 5.41) is 6.29. The number of benzene rings is 1. The largest absolute Gasteiger partial charge is 0.497 e. The van der Waals surface area contributed by atoms with Crippen LogP contribution in [0.3, 0.4) is 0 Å². The minimum absolute atomic E-state index is 0.0993. The summed E-state index contributed by atoms with van der Waals surface area (Å²) < 4.78 is 10.3. The van der Waals surface area contributed by atoms with Crippen molar-refractivity contribution in [2.75, 3.05) is 27.3 Å². The second-order valence-corrected chi connectivity index (χ2v) is 4.82. The third-order valence-electron chi connectivity index (χ3n) is 3.45. The predicted octanol–water partition coefficient (Wildman–Crippen LogP) is 1.04. The van der Waals surface area contributed by atoms with Crippen LogP contribution in [-0.4, -0.2) is 39.3 Å². The van der Waals surface area contributed by atoms with Crippen molar-refractivity contribution in [3.05, 3.63) is 23.8 Å². The smallest absolute Gasteiger partial charge is 0.251 e. The Labute approximate surface area is 113 Å². The fourth-order valence-electron chi connectivity index (χ4n) is 2.19. The van der Waals surface area contributed by atoms with E-state index in [1.165, 1.54) is 0 Å². The Morgan fingerprint density at radius 3 is 2.32 bits per heavy atom. The SMILES string of the molecule is COc1cc(OC)cc(C(=O)NC2CNCC2C)c1. The minimum atomic E-state index is -0.0993. The summed E-state index contributed by atoms with van der Waals surface area (Å²) in [6, 6.07) is 5.34. The molecule has 0 spiro atoms. The van der Waals surface area contributed by atoms with Gasteiger partial charge >= 0.3 is 0 Å². The molecule has 1 amide bonds. The molecule has 1 fully saturated rings. The summed E-state index contributed by atoms with van der Waals surface area (Å²) in [6.07, 6.45) is 0. The third-order valence-corrected chi connectivity index (χ3v) is 3.45. The molecule has 0 aromatic heterocycles. The first-order chi connectivity index (χ1) is 9.13. The summed E-state index contributed by atoms with van der Waals surface area (Å²) in [4.78, 5) is 12.2. The molecule has 2 unspecified atom stereocenters. The molecule has 2 atom stereocenters. The van der Waals surface area contributed by atoms with E-state index in [0.29, 0.717) is 23.0 Å². The highest BCUT2D eigenvalue weighted by atomic mass is 16.5. The molecule has 5 heteroatoms. The molecule has 2 rings (SSSR count). The number of hydrogen-bond acceptors (Lipinski definition) is 4. The van der Waals surface area contributed by atoms with Crippen LogP contribution in [0.2, 0.25) is 0 Å². The lowest BCUT2D eigenvalue weighted by molar-refractivity contribution is 0.0932. The van der Waals surface area contributed by atoms with Crippen LogP contribution in [-0.2, 0) is 0 Å². The first-order valence-corrected chi connectivity index (χ1v) is 6.38. The average Bonchev–Trinajstić information content (AvgIpc) is 2.83. The maximum Gasteiger partial charge on any atom is 0.251 e. The van der Waals surface area contributed by atoms with E-state index in [0.717, 1.165) is 13.1 Å². The molecule has 104 valence electrons. The van der Waals surface area contributed by atoms with Gasteiger partial charge < -0.3 is 20.1 Å². The number of rotatable bonds is 4. The van der Waals surface area contributed by atoms with Crippen LogP contribution >= 0.6 is 0 Å². The molecule has 0 radical (unpaired) electrons. The molecule has 1 aromatic rings. The van der Waals surface area contributed by atoms with Crippen LogP contribution < -0.4 is 20.1 Å². The van der Waals surface area contributed by atoms with E-state index in [2.05, 4.69) is 17.6 Å². The van der Waals surface area contributed by atoms with Gasteiger partial charge in [-0.3, -0.25) is 4.79 Å². The van der Waals surface area contributed by atoms with E-state index in [1.807, 2.05) is 0 Å². The van der Waals surface area contributed by atoms with Gasteiger partial charge in [0, 0.05) is 24.2 Å². The second-order valence-electron chi connectivity index (χ2n) is 4.82. The van der Waals surface area contributed by atoms with Gasteiger partial charge in [-0.05, 0) is 24.6 Å². The summed E-state index contributed by atoms with van der Waals surface area (Å²) in [5.41, 5.74) is 0.551. The van der Waals surface area contributed by atoms with Gasteiger partial charge in [-0.25, -0.2) is 0 Å². The summed E-state index contributed by atoms with van der Waals surface area (Å²) >= 11 is 0. The molecule has 19 heavy (non-hydrogen) atoms. The van der Waals surface area contributed by atoms with E-state index < -0.39 is 0 Å². The summed E-state index contributed by atoms with van der Waals surface area (Å²) in [7, 11) is 3.14. The standard InChI is InChI=1S/C14H20N2O3/c1-9-7-15-8-13(9)16-14(17)10-4-11(18-2)6-12(5-10)19-3/h4-6,9,13,15H,7-8H2,1-3H3,(H,16,17). The Kier molecular flexibility index (Phi) is 4.27. The van der Waals surface area contributed by atoms with Crippen LogP contribution in [0.1, 0.15) is 17.3 Å². The van der Waals surface area contributed by atoms with Crippen LogP contribution in [0.25, 0.3) is 0 Å². The summed E-state index contributed by atoms with van der Waals surface area (Å²) in [6.45, 7) is 3.87. The lowest BCUT2D eigenvalue weighted by atomic mass is 10.1. The first-order valence-electron chi connectivity index (χ1n) is 6.38. The molecule has 1 saturated heterocycles. The van der Waals surface area contributed by atoms with Crippen LogP contribution in [0, 0.1) is 5.92 Å². The molecule has 2 N–H and O–H groups in total. The molecule has 5 nitrogen and oxygen atoms in total. The molecule has 1 aliphatic heterocycles. The van der Waals surface area contributed by atoms with Gasteiger partial charge in [-0.2, -0.15) is 0 Å². The zero-order valence-electron chi connectivity index (χ0n) is 11.5. The lowest BCUT2D eigenvalue weighted by Crippen LogP contribution is -2.39. The molecule has 1 aliphatic rings. The van der Waals surface area contributed by atoms with Gasteiger partial charge in [0.05, 0.1) is 14.2 Å². The van der Waals surface area contributed by atoms with E-state index in [1.54, 1.807) is 32.4 Å². The number of amides is 1. The van der Waals surface area contributed by atoms with Gasteiger partial charge in [-0.1, -0.05) is 6.92 Å². The zero-order valence-corrected chi connectivity index (χ0v) is 11.5. The Bertz CT molecular complexity index is 440. The quantitative estimate of drug-likeness (QED) is 0.853. The molecule has 0 bridgehead atoms. The monoisotopic (exact) mass is 264 g/mol. The molecular weight excluding hydrogens is 244 g/mol. The van der Waals surface area contributed by atoms with Crippen molar-refractivity contribution in [3.63, 3.8) is 0 Å². The first kappa shape index (κ1) is 13.7. The number of hydrogen-bond donors (Lipinski definition) is 2. The highest BCUT2D eigenvalue weighted by Crippen LogP contribution is 2.22. The Morgan fingerprint density at radius 2 is 1.84 bits per heavy atom. The molecule has 0 aliphatic carbocycles. The van der Waals surface area contributed by atoms with Gasteiger partial charge in [0.15, 0.2) is 0 Å². The van der Waals surface area contributed by atoms with Crippen LogP contribution in [0.4, 0.5) is 0 Å².